The number of nitrogens with zero attached hydrogens (tertiary/aromatic N) is 3. The fraction of sp³-hybridized carbons (Fsp3) is 0.333. The van der Waals surface area contributed by atoms with Gasteiger partial charge in [-0.15, -0.1) is 22.7 Å². The van der Waals surface area contributed by atoms with Crippen LogP contribution in [-0.2, 0) is 0 Å². The maximum absolute atomic E-state index is 12.6. The van der Waals surface area contributed by atoms with E-state index in [0.29, 0.717) is 39.0 Å². The second-order valence-electron chi connectivity index (χ2n) is 12.2. The largest absolute Gasteiger partial charge is 0.337 e. The minimum Gasteiger partial charge on any atom is -0.337 e. The molecule has 1 N–H and O–H groups in total. The molecule has 0 radical (unpaired) electrons. The molecule has 1 amide bonds. The number of halogens is 3. The second-order valence-corrected chi connectivity index (χ2v) is 15.6. The van der Waals surface area contributed by atoms with E-state index in [4.69, 9.17) is 34.8 Å². The number of likely N-dealkylation sites (tertiary alicyclic amines) is 1. The molecule has 2 saturated carbocycles. The summed E-state index contributed by atoms with van der Waals surface area (Å²) in [7, 11) is 0. The van der Waals surface area contributed by atoms with Crippen molar-refractivity contribution in [3.05, 3.63) is 102 Å². The van der Waals surface area contributed by atoms with Crippen molar-refractivity contribution in [2.45, 2.75) is 26.7 Å². The van der Waals surface area contributed by atoms with E-state index < -0.39 is 5.24 Å². The first-order valence-electron chi connectivity index (χ1n) is 15.2. The Morgan fingerprint density at radius 3 is 1.94 bits per heavy atom. The van der Waals surface area contributed by atoms with Crippen molar-refractivity contribution in [1.82, 2.24) is 20.2 Å². The van der Waals surface area contributed by atoms with Crippen molar-refractivity contribution in [3.8, 4) is 23.7 Å². The first-order chi connectivity index (χ1) is 22.5. The molecule has 4 aromatic rings. The van der Waals surface area contributed by atoms with Gasteiger partial charge in [0.05, 0.1) is 15.4 Å². The zero-order chi connectivity index (χ0) is 33.2. The number of fused-ring (bicyclic) bond motifs is 2. The van der Waals surface area contributed by atoms with Crippen LogP contribution in [0.4, 0.5) is 0 Å². The van der Waals surface area contributed by atoms with E-state index in [9.17, 15) is 9.59 Å². The number of aryl methyl sites for hydroxylation is 2. The molecule has 11 heteroatoms. The molecule has 4 unspecified atom stereocenters. The number of hydrogen-bond acceptors (Lipinski definition) is 7. The van der Waals surface area contributed by atoms with Crippen molar-refractivity contribution in [2.24, 2.45) is 22.7 Å². The standard InChI is InChI=1S/C18H15ClN2OS.C11H12N2S.C7H4Cl2O/c1-12-20-16(10-23-12)5-6-18-8-14(18)9-21(11-18)17(22)13-3-2-4-15(19)7-13;1-8-13-10(6-14-8)2-3-11-4-9(11)5-12-7-11;8-6-3-1-2-5(4-6)7(9)10/h2-4,7,10,14H,8-9,11H2,1H3;6,9,12H,4-5,7H2,1H3;1-4H. The lowest BCUT2D eigenvalue weighted by Crippen LogP contribution is -2.31. The van der Waals surface area contributed by atoms with Gasteiger partial charge in [0.1, 0.15) is 11.4 Å². The highest BCUT2D eigenvalue weighted by Crippen LogP contribution is 2.57. The highest BCUT2D eigenvalue weighted by Gasteiger charge is 2.60. The van der Waals surface area contributed by atoms with Crippen molar-refractivity contribution in [1.29, 1.82) is 0 Å². The number of aromatic nitrogens is 2. The van der Waals surface area contributed by atoms with Crippen LogP contribution in [-0.4, -0.2) is 52.2 Å². The SMILES string of the molecule is Cc1nc(C#CC23CC2CN(C(=O)c2cccc(Cl)c2)C3)cs1.Cc1nc(C#CC23CNCC2C3)cs1.O=C(Cl)c1cccc(Cl)c1. The molecule has 240 valence electrons. The summed E-state index contributed by atoms with van der Waals surface area (Å²) in [6, 6.07) is 13.6. The van der Waals surface area contributed by atoms with Crippen molar-refractivity contribution >= 4 is 68.6 Å². The number of amides is 1. The highest BCUT2D eigenvalue weighted by molar-refractivity contribution is 7.09. The Morgan fingerprint density at radius 2 is 1.45 bits per heavy atom. The molecule has 0 spiro atoms. The van der Waals surface area contributed by atoms with E-state index in [2.05, 4.69) is 39.0 Å². The van der Waals surface area contributed by atoms with Gasteiger partial charge >= 0.3 is 0 Å². The Labute approximate surface area is 297 Å². The molecule has 8 rings (SSSR count). The summed E-state index contributed by atoms with van der Waals surface area (Å²) < 4.78 is 0. The summed E-state index contributed by atoms with van der Waals surface area (Å²) in [4.78, 5) is 33.7. The van der Waals surface area contributed by atoms with E-state index in [1.807, 2.05) is 41.6 Å². The third kappa shape index (κ3) is 8.27. The maximum atomic E-state index is 12.6. The molecule has 4 atom stereocenters. The van der Waals surface area contributed by atoms with E-state index in [-0.39, 0.29) is 11.3 Å². The van der Waals surface area contributed by atoms with Gasteiger partial charge in [-0.1, -0.05) is 47.2 Å². The van der Waals surface area contributed by atoms with Crippen LogP contribution in [0.1, 0.15) is 55.0 Å². The Bertz CT molecular complexity index is 1950. The van der Waals surface area contributed by atoms with Gasteiger partial charge in [-0.05, 0) is 105 Å². The van der Waals surface area contributed by atoms with Crippen LogP contribution in [0.3, 0.4) is 0 Å². The summed E-state index contributed by atoms with van der Waals surface area (Å²) in [5.74, 6) is 14.5. The summed E-state index contributed by atoms with van der Waals surface area (Å²) in [6.07, 6.45) is 2.37. The molecule has 2 saturated heterocycles. The van der Waals surface area contributed by atoms with E-state index in [0.717, 1.165) is 53.4 Å². The topological polar surface area (TPSA) is 75.2 Å². The summed E-state index contributed by atoms with van der Waals surface area (Å²) >= 11 is 20.0. The van der Waals surface area contributed by atoms with Crippen LogP contribution >= 0.6 is 57.5 Å². The fourth-order valence-corrected chi connectivity index (χ4v) is 7.59. The number of piperidine rings is 2. The van der Waals surface area contributed by atoms with Crippen LogP contribution in [0, 0.1) is 60.2 Å². The molecule has 2 aromatic heterocycles. The minimum atomic E-state index is -0.484. The lowest BCUT2D eigenvalue weighted by molar-refractivity contribution is 0.0770. The molecule has 4 heterocycles. The molecule has 2 aliphatic heterocycles. The Hall–Kier alpha value is -3.21. The Kier molecular flexibility index (Phi) is 10.1. The van der Waals surface area contributed by atoms with E-state index in [1.165, 1.54) is 12.5 Å². The van der Waals surface area contributed by atoms with Crippen LogP contribution in [0.5, 0.6) is 0 Å². The first-order valence-corrected chi connectivity index (χ1v) is 18.1. The molecule has 0 bridgehead atoms. The molecular weight excluding hydrogens is 691 g/mol. The smallest absolute Gasteiger partial charge is 0.253 e. The van der Waals surface area contributed by atoms with Crippen molar-refractivity contribution in [3.63, 3.8) is 0 Å². The lowest BCUT2D eigenvalue weighted by Gasteiger charge is -2.19. The third-order valence-corrected chi connectivity index (χ3v) is 11.0. The van der Waals surface area contributed by atoms with Gasteiger partial charge in [-0.25, -0.2) is 9.97 Å². The predicted octanol–water partition coefficient (Wildman–Crippen LogP) is 7.75. The molecule has 2 aliphatic carbocycles. The average Bonchev–Trinajstić information content (AvgIpc) is 3.50. The second kappa shape index (κ2) is 14.1. The summed E-state index contributed by atoms with van der Waals surface area (Å²) in [5, 5.41) is 10.2. The van der Waals surface area contributed by atoms with Gasteiger partial charge in [0.25, 0.3) is 11.1 Å². The van der Waals surface area contributed by atoms with Crippen molar-refractivity contribution < 1.29 is 9.59 Å². The van der Waals surface area contributed by atoms with Crippen molar-refractivity contribution in [2.75, 3.05) is 26.2 Å². The number of thiazole rings is 2. The molecular formula is C36H31Cl3N4O2S2. The van der Waals surface area contributed by atoms with Crippen LogP contribution in [0.2, 0.25) is 10.0 Å². The highest BCUT2D eigenvalue weighted by atomic mass is 35.5. The van der Waals surface area contributed by atoms with Crippen LogP contribution < -0.4 is 5.32 Å². The third-order valence-electron chi connectivity index (χ3n) is 8.74. The molecule has 6 nitrogen and oxygen atoms in total. The number of carbonyl (C=O) groups is 2. The quantitative estimate of drug-likeness (QED) is 0.169. The average molecular weight is 722 g/mol. The minimum absolute atomic E-state index is 0.0221. The number of benzene rings is 2. The van der Waals surface area contributed by atoms with Gasteiger partial charge in [0.15, 0.2) is 0 Å². The number of nitrogens with one attached hydrogen (secondary N) is 1. The van der Waals surface area contributed by atoms with Gasteiger partial charge in [0.2, 0.25) is 0 Å². The lowest BCUT2D eigenvalue weighted by atomic mass is 10.1. The van der Waals surface area contributed by atoms with E-state index >= 15 is 0 Å². The van der Waals surface area contributed by atoms with Gasteiger partial charge in [-0.2, -0.15) is 0 Å². The van der Waals surface area contributed by atoms with Crippen LogP contribution in [0.25, 0.3) is 0 Å². The fourth-order valence-electron chi connectivity index (χ4n) is 6.00. The number of rotatable bonds is 2. The first kappa shape index (κ1) is 33.7. The van der Waals surface area contributed by atoms with E-state index in [1.54, 1.807) is 53.0 Å². The molecule has 4 fully saturated rings. The van der Waals surface area contributed by atoms with Crippen LogP contribution in [0.15, 0.2) is 59.3 Å². The van der Waals surface area contributed by atoms with Gasteiger partial charge < -0.3 is 10.2 Å². The molecule has 2 aromatic carbocycles. The monoisotopic (exact) mass is 720 g/mol. The normalized spacial score (nSPS) is 24.1. The van der Waals surface area contributed by atoms with Gasteiger partial charge in [-0.3, -0.25) is 9.59 Å². The maximum Gasteiger partial charge on any atom is 0.253 e. The Balaban J connectivity index is 0.000000137. The molecule has 4 aliphatic rings. The summed E-state index contributed by atoms with van der Waals surface area (Å²) in [6.45, 7) is 7.73. The summed E-state index contributed by atoms with van der Waals surface area (Å²) in [5.41, 5.74) is 3.15. The number of carbonyl (C=O) groups excluding carboxylic acids is 2. The van der Waals surface area contributed by atoms with Gasteiger partial charge in [0, 0.05) is 57.0 Å². The zero-order valence-corrected chi connectivity index (χ0v) is 29.7. The Morgan fingerprint density at radius 1 is 0.872 bits per heavy atom. The number of hydrogen-bond donors (Lipinski definition) is 1. The predicted molar refractivity (Wildman–Crippen MR) is 190 cm³/mol. The zero-order valence-electron chi connectivity index (χ0n) is 25.8. The molecule has 47 heavy (non-hydrogen) atoms.